The Morgan fingerprint density at radius 2 is 2.22 bits per heavy atom. The molecule has 0 aromatic heterocycles. The molecule has 0 spiro atoms. The number of amidine groups is 1. The molecule has 0 saturated heterocycles. The fourth-order valence-electron chi connectivity index (χ4n) is 2.07. The van der Waals surface area contributed by atoms with Crippen LogP contribution in [0.2, 0.25) is 0 Å². The lowest BCUT2D eigenvalue weighted by Gasteiger charge is -2.27. The van der Waals surface area contributed by atoms with Crippen molar-refractivity contribution in [2.75, 3.05) is 12.3 Å². The average Bonchev–Trinajstić information content (AvgIpc) is 2.49. The van der Waals surface area contributed by atoms with Gasteiger partial charge < -0.3 is 15.3 Å². The SMILES string of the molecule is C/C=C/CC(NC(=O)C1=CN2CCS(=O)(=O)N=C2C=C1)C(=O)O. The van der Waals surface area contributed by atoms with Gasteiger partial charge in [-0.3, -0.25) is 4.79 Å². The molecule has 1 atom stereocenters. The van der Waals surface area contributed by atoms with Gasteiger partial charge in [0.25, 0.3) is 15.9 Å². The number of hydrogen-bond acceptors (Lipinski definition) is 5. The van der Waals surface area contributed by atoms with Crippen molar-refractivity contribution in [2.45, 2.75) is 19.4 Å². The molecule has 0 radical (unpaired) electrons. The van der Waals surface area contributed by atoms with Gasteiger partial charge in [-0.15, -0.1) is 4.40 Å². The molecule has 0 fully saturated rings. The molecule has 2 rings (SSSR count). The lowest BCUT2D eigenvalue weighted by Crippen LogP contribution is -2.42. The maximum absolute atomic E-state index is 12.2. The first-order chi connectivity index (χ1) is 10.8. The van der Waals surface area contributed by atoms with Gasteiger partial charge in [-0.1, -0.05) is 12.2 Å². The third-order valence-electron chi connectivity index (χ3n) is 3.30. The Bertz CT molecular complexity index is 734. The highest BCUT2D eigenvalue weighted by atomic mass is 32.2. The van der Waals surface area contributed by atoms with E-state index in [1.807, 2.05) is 0 Å². The minimum Gasteiger partial charge on any atom is -0.480 e. The lowest BCUT2D eigenvalue weighted by molar-refractivity contribution is -0.141. The summed E-state index contributed by atoms with van der Waals surface area (Å²) in [7, 11) is -3.45. The molecule has 1 amide bonds. The second-order valence-corrected chi connectivity index (χ2v) is 6.77. The molecule has 1 unspecified atom stereocenters. The number of aliphatic carboxylic acids is 1. The number of fused-ring (bicyclic) bond motifs is 1. The van der Waals surface area contributed by atoms with Crippen LogP contribution in [0.3, 0.4) is 0 Å². The predicted molar refractivity (Wildman–Crippen MR) is 84.1 cm³/mol. The summed E-state index contributed by atoms with van der Waals surface area (Å²) in [6, 6.07) is -1.02. The Hall–Kier alpha value is -2.42. The summed E-state index contributed by atoms with van der Waals surface area (Å²) in [5.74, 6) is -1.54. The average molecular weight is 339 g/mol. The van der Waals surface area contributed by atoms with E-state index in [9.17, 15) is 18.0 Å². The van der Waals surface area contributed by atoms with Crippen LogP contribution in [0, 0.1) is 0 Å². The third-order valence-corrected chi connectivity index (χ3v) is 4.46. The molecule has 23 heavy (non-hydrogen) atoms. The van der Waals surface area contributed by atoms with Crippen LogP contribution >= 0.6 is 0 Å². The zero-order chi connectivity index (χ0) is 17.0. The van der Waals surface area contributed by atoms with Crippen molar-refractivity contribution in [3.8, 4) is 0 Å². The summed E-state index contributed by atoms with van der Waals surface area (Å²) in [6.45, 7) is 1.96. The van der Waals surface area contributed by atoms with E-state index >= 15 is 0 Å². The van der Waals surface area contributed by atoms with Crippen molar-refractivity contribution in [2.24, 2.45) is 4.40 Å². The van der Waals surface area contributed by atoms with Crippen molar-refractivity contribution >= 4 is 27.7 Å². The number of carbonyl (C=O) groups is 2. The highest BCUT2D eigenvalue weighted by Crippen LogP contribution is 2.16. The summed E-state index contributed by atoms with van der Waals surface area (Å²) in [5, 5.41) is 11.5. The van der Waals surface area contributed by atoms with Gasteiger partial charge in [0.05, 0.1) is 11.3 Å². The topological polar surface area (TPSA) is 116 Å². The van der Waals surface area contributed by atoms with Gasteiger partial charge in [0.15, 0.2) is 0 Å². The standard InChI is InChI=1S/C14H17N3O5S/c1-2-3-4-11(14(19)20)15-13(18)10-5-6-12-16-23(21,22)8-7-17(12)9-10/h2-3,5-6,9,11H,4,7-8H2,1H3,(H,15,18)(H,19,20)/b3-2+. The van der Waals surface area contributed by atoms with E-state index in [2.05, 4.69) is 9.71 Å². The fraction of sp³-hybridized carbons (Fsp3) is 0.357. The summed E-state index contributed by atoms with van der Waals surface area (Å²) < 4.78 is 26.5. The van der Waals surface area contributed by atoms with Gasteiger partial charge in [0.2, 0.25) is 0 Å². The van der Waals surface area contributed by atoms with E-state index in [4.69, 9.17) is 5.11 Å². The maximum Gasteiger partial charge on any atom is 0.326 e. The number of carboxylic acid groups (broad SMARTS) is 1. The van der Waals surface area contributed by atoms with Crippen LogP contribution in [-0.4, -0.2) is 54.5 Å². The van der Waals surface area contributed by atoms with Crippen LogP contribution in [0.15, 0.2) is 40.5 Å². The van der Waals surface area contributed by atoms with Crippen LogP contribution in [0.1, 0.15) is 13.3 Å². The number of carbonyl (C=O) groups excluding carboxylic acids is 1. The normalized spacial score (nSPS) is 20.5. The molecule has 2 N–H and O–H groups in total. The zero-order valence-corrected chi connectivity index (χ0v) is 13.3. The first-order valence-electron chi connectivity index (χ1n) is 6.96. The van der Waals surface area contributed by atoms with Crippen molar-refractivity contribution in [3.63, 3.8) is 0 Å². The Kier molecular flexibility index (Phi) is 4.99. The Morgan fingerprint density at radius 1 is 1.48 bits per heavy atom. The molecule has 0 aromatic carbocycles. The Morgan fingerprint density at radius 3 is 2.87 bits per heavy atom. The van der Waals surface area contributed by atoms with Crippen LogP contribution in [0.25, 0.3) is 0 Å². The molecule has 2 aliphatic heterocycles. The number of allylic oxidation sites excluding steroid dienone is 1. The van der Waals surface area contributed by atoms with Gasteiger partial charge in [-0.25, -0.2) is 13.2 Å². The minimum atomic E-state index is -3.45. The van der Waals surface area contributed by atoms with Crippen LogP contribution in [-0.2, 0) is 19.6 Å². The van der Waals surface area contributed by atoms with E-state index in [-0.39, 0.29) is 30.1 Å². The van der Waals surface area contributed by atoms with Crippen molar-refractivity contribution < 1.29 is 23.1 Å². The monoisotopic (exact) mass is 339 g/mol. The van der Waals surface area contributed by atoms with Crippen molar-refractivity contribution in [1.82, 2.24) is 10.2 Å². The van der Waals surface area contributed by atoms with E-state index in [0.717, 1.165) is 0 Å². The second kappa shape index (κ2) is 6.78. The quantitative estimate of drug-likeness (QED) is 0.682. The smallest absolute Gasteiger partial charge is 0.326 e. The van der Waals surface area contributed by atoms with Gasteiger partial charge in [-0.05, 0) is 25.5 Å². The minimum absolute atomic E-state index is 0.130. The molecular weight excluding hydrogens is 322 g/mol. The van der Waals surface area contributed by atoms with Gasteiger partial charge in [-0.2, -0.15) is 0 Å². The van der Waals surface area contributed by atoms with Gasteiger partial charge in [0, 0.05) is 12.7 Å². The number of sulfonamides is 1. The number of carboxylic acids is 1. The summed E-state index contributed by atoms with van der Waals surface area (Å²) in [4.78, 5) is 24.9. The molecule has 0 saturated carbocycles. The summed E-state index contributed by atoms with van der Waals surface area (Å²) >= 11 is 0. The highest BCUT2D eigenvalue weighted by molar-refractivity contribution is 7.90. The first kappa shape index (κ1) is 16.9. The van der Waals surface area contributed by atoms with Crippen LogP contribution in [0.4, 0.5) is 0 Å². The van der Waals surface area contributed by atoms with Crippen LogP contribution < -0.4 is 5.32 Å². The molecule has 9 heteroatoms. The lowest BCUT2D eigenvalue weighted by atomic mass is 10.1. The van der Waals surface area contributed by atoms with Gasteiger partial charge >= 0.3 is 5.97 Å². The molecule has 2 heterocycles. The molecular formula is C14H17N3O5S. The predicted octanol–water partition coefficient (Wildman–Crippen LogP) is 0.0196. The number of nitrogens with zero attached hydrogens (tertiary/aromatic N) is 2. The third kappa shape index (κ3) is 4.28. The highest BCUT2D eigenvalue weighted by Gasteiger charge is 2.26. The molecule has 2 aliphatic rings. The van der Waals surface area contributed by atoms with Crippen molar-refractivity contribution in [1.29, 1.82) is 0 Å². The molecule has 0 bridgehead atoms. The van der Waals surface area contributed by atoms with Gasteiger partial charge in [0.1, 0.15) is 11.9 Å². The molecule has 8 nitrogen and oxygen atoms in total. The maximum atomic E-state index is 12.2. The molecule has 0 aliphatic carbocycles. The Labute approximate surface area is 133 Å². The zero-order valence-electron chi connectivity index (χ0n) is 12.5. The molecule has 0 aromatic rings. The first-order valence-corrected chi connectivity index (χ1v) is 8.57. The number of amides is 1. The largest absolute Gasteiger partial charge is 0.480 e. The number of nitrogens with one attached hydrogen (secondary N) is 1. The van der Waals surface area contributed by atoms with E-state index in [1.54, 1.807) is 24.0 Å². The van der Waals surface area contributed by atoms with Crippen molar-refractivity contribution in [3.05, 3.63) is 36.1 Å². The van der Waals surface area contributed by atoms with Crippen LogP contribution in [0.5, 0.6) is 0 Å². The number of rotatable bonds is 5. The van der Waals surface area contributed by atoms with E-state index in [1.165, 1.54) is 18.4 Å². The summed E-state index contributed by atoms with van der Waals surface area (Å²) in [6.07, 6.45) is 7.86. The summed E-state index contributed by atoms with van der Waals surface area (Å²) in [5.41, 5.74) is 0.245. The second-order valence-electron chi connectivity index (χ2n) is 5.02. The molecule has 124 valence electrons. The number of hydrogen-bond donors (Lipinski definition) is 2. The van der Waals surface area contributed by atoms with E-state index < -0.39 is 27.9 Å². The fourth-order valence-corrected chi connectivity index (χ4v) is 3.04. The Balaban J connectivity index is 2.11. The van der Waals surface area contributed by atoms with E-state index in [0.29, 0.717) is 0 Å².